The highest BCUT2D eigenvalue weighted by molar-refractivity contribution is 6.30. The average molecular weight is 834 g/mol. The molecule has 6 aliphatic carbocycles. The van der Waals surface area contributed by atoms with Gasteiger partial charge >= 0.3 is 11.9 Å². The van der Waals surface area contributed by atoms with E-state index in [1.54, 1.807) is 26.0 Å². The number of benzene rings is 1. The van der Waals surface area contributed by atoms with E-state index in [0.29, 0.717) is 29.7 Å². The molecule has 6 aliphatic rings. The van der Waals surface area contributed by atoms with Crippen LogP contribution in [0.1, 0.15) is 146 Å². The van der Waals surface area contributed by atoms with Crippen LogP contribution in [0.5, 0.6) is 0 Å². The minimum Gasteiger partial charge on any atom is -0.481 e. The summed E-state index contributed by atoms with van der Waals surface area (Å²) in [6.07, 6.45) is 7.59. The molecule has 0 heterocycles. The Labute approximate surface area is 357 Å². The first kappa shape index (κ1) is 43.9. The molecule has 0 spiro atoms. The van der Waals surface area contributed by atoms with E-state index in [-0.39, 0.29) is 76.1 Å². The number of nitrogens with one attached hydrogen (secondary N) is 2. The zero-order valence-electron chi connectivity index (χ0n) is 37.4. The van der Waals surface area contributed by atoms with Gasteiger partial charge in [0.1, 0.15) is 11.5 Å². The highest BCUT2D eigenvalue weighted by atomic mass is 35.5. The second kappa shape index (κ2) is 14.4. The molecule has 1 aromatic carbocycles. The molecule has 9 nitrogen and oxygen atoms in total. The van der Waals surface area contributed by atoms with Gasteiger partial charge in [0.15, 0.2) is 5.78 Å². The van der Waals surface area contributed by atoms with Crippen LogP contribution in [-0.4, -0.2) is 46.3 Å². The van der Waals surface area contributed by atoms with E-state index in [4.69, 9.17) is 16.3 Å². The Kier molecular flexibility index (Phi) is 10.7. The Morgan fingerprint density at radius 3 is 2.10 bits per heavy atom. The van der Waals surface area contributed by atoms with E-state index in [9.17, 15) is 29.1 Å². The van der Waals surface area contributed by atoms with Crippen LogP contribution in [0.2, 0.25) is 5.02 Å². The van der Waals surface area contributed by atoms with Crippen molar-refractivity contribution in [3.8, 4) is 0 Å². The van der Waals surface area contributed by atoms with Crippen molar-refractivity contribution in [2.75, 3.05) is 0 Å². The van der Waals surface area contributed by atoms with Gasteiger partial charge in [-0.25, -0.2) is 0 Å². The van der Waals surface area contributed by atoms with Crippen molar-refractivity contribution in [2.45, 2.75) is 159 Å². The SMILES string of the molecule is CC(C)C1=C2[C@H]3CC[C@@H]4[C@@]5(C)CC[C@H](OC(=O)[C@H]6C[C@@H](C(=O)O)C6(C)C)C(C)(C)[C@@H]5CC[C@@]4(C)[C@]3(C)CC[C@@]2(NC(=O)C(C)(C)C(=O)NCc2ccc(Cl)cc2)CC1=O. The Morgan fingerprint density at radius 2 is 1.49 bits per heavy atom. The maximum absolute atomic E-state index is 14.4. The Hall–Kier alpha value is -3.20. The predicted molar refractivity (Wildman–Crippen MR) is 228 cm³/mol. The van der Waals surface area contributed by atoms with Crippen LogP contribution in [0.3, 0.4) is 0 Å². The lowest BCUT2D eigenvalue weighted by Crippen LogP contribution is -2.68. The summed E-state index contributed by atoms with van der Waals surface area (Å²) in [5.74, 6) is -1.75. The lowest BCUT2D eigenvalue weighted by atomic mass is 9.33. The van der Waals surface area contributed by atoms with Crippen LogP contribution in [0.25, 0.3) is 0 Å². The van der Waals surface area contributed by atoms with Gasteiger partial charge in [0.05, 0.1) is 17.4 Å². The summed E-state index contributed by atoms with van der Waals surface area (Å²) in [6, 6.07) is 7.25. The molecule has 5 saturated carbocycles. The molecule has 7 rings (SSSR count). The minimum absolute atomic E-state index is 0.00686. The number of rotatable bonds is 9. The van der Waals surface area contributed by atoms with Gasteiger partial charge in [-0.05, 0) is 146 Å². The van der Waals surface area contributed by atoms with Gasteiger partial charge < -0.3 is 20.5 Å². The molecular formula is C49H69ClN2O7. The van der Waals surface area contributed by atoms with Crippen molar-refractivity contribution in [3.05, 3.63) is 46.0 Å². The third-order valence-corrected chi connectivity index (χ3v) is 18.6. The summed E-state index contributed by atoms with van der Waals surface area (Å²) in [4.78, 5) is 67.7. The van der Waals surface area contributed by atoms with Crippen LogP contribution in [-0.2, 0) is 35.3 Å². The van der Waals surface area contributed by atoms with Gasteiger partial charge in [-0.1, -0.05) is 86.0 Å². The Morgan fingerprint density at radius 1 is 0.831 bits per heavy atom. The maximum atomic E-state index is 14.4. The quantitative estimate of drug-likeness (QED) is 0.167. The Bertz CT molecular complexity index is 1970. The molecule has 0 unspecified atom stereocenters. The number of carboxylic acid groups (broad SMARTS) is 1. The topological polar surface area (TPSA) is 139 Å². The van der Waals surface area contributed by atoms with E-state index in [2.05, 4.69) is 59.1 Å². The largest absolute Gasteiger partial charge is 0.481 e. The number of hydrogen-bond donors (Lipinski definition) is 3. The standard InChI is InChI=1S/C49H69ClN2O7/c1-27(2)37-33(53)25-49(52-42(58)45(7,8)41(57)51-26-28-12-14-29(50)15-13-28)23-22-47(10)30(38(37)49)16-17-35-46(9)20-19-36(44(5,6)34(46)18-21-48(35,47)11)59-40(56)32-24-31(39(54)55)43(32,3)4/h12-15,27,30-32,34-36H,16-26H2,1-11H3,(H,51,57)(H,52,58)(H,54,55)/t30-,31+,32-,34+,35-,36+,46+,47-,48-,49-/m1/s1. The zero-order chi connectivity index (χ0) is 43.5. The van der Waals surface area contributed by atoms with E-state index in [1.165, 1.54) is 0 Å². The summed E-state index contributed by atoms with van der Waals surface area (Å²) < 4.78 is 6.41. The molecule has 2 amide bonds. The van der Waals surface area contributed by atoms with Crippen LogP contribution in [0.4, 0.5) is 0 Å². The molecule has 0 aliphatic heterocycles. The van der Waals surface area contributed by atoms with E-state index >= 15 is 0 Å². The van der Waals surface area contributed by atoms with Gasteiger partial charge in [0.25, 0.3) is 0 Å². The van der Waals surface area contributed by atoms with Crippen molar-refractivity contribution >= 4 is 41.1 Å². The third kappa shape index (κ3) is 6.54. The van der Waals surface area contributed by atoms with Crippen molar-refractivity contribution in [1.29, 1.82) is 0 Å². The number of halogens is 1. The first-order valence-electron chi connectivity index (χ1n) is 22.3. The number of amides is 2. The fourth-order valence-electron chi connectivity index (χ4n) is 14.4. The molecule has 3 N–H and O–H groups in total. The molecule has 10 heteroatoms. The molecule has 0 bridgehead atoms. The van der Waals surface area contributed by atoms with Crippen molar-refractivity contribution in [1.82, 2.24) is 10.6 Å². The number of hydrogen-bond acceptors (Lipinski definition) is 6. The van der Waals surface area contributed by atoms with Crippen LogP contribution in [0.15, 0.2) is 35.4 Å². The smallest absolute Gasteiger partial charge is 0.309 e. The molecule has 5 fully saturated rings. The number of carbonyl (C=O) groups is 5. The summed E-state index contributed by atoms with van der Waals surface area (Å²) in [5.41, 5.74) is -0.317. The second-order valence-electron chi connectivity index (χ2n) is 22.5. The van der Waals surface area contributed by atoms with Gasteiger partial charge in [-0.3, -0.25) is 24.0 Å². The van der Waals surface area contributed by atoms with Crippen LogP contribution < -0.4 is 10.6 Å². The number of carboxylic acids is 1. The van der Waals surface area contributed by atoms with Crippen LogP contribution >= 0.6 is 11.6 Å². The van der Waals surface area contributed by atoms with E-state index in [0.717, 1.165) is 61.7 Å². The number of fused-ring (bicyclic) bond motifs is 7. The molecule has 59 heavy (non-hydrogen) atoms. The molecule has 1 aromatic rings. The second-order valence-corrected chi connectivity index (χ2v) is 22.9. The monoisotopic (exact) mass is 832 g/mol. The number of Topliss-reactive ketones (excluding diaryl/α,β-unsaturated/α-hetero) is 1. The predicted octanol–water partition coefficient (Wildman–Crippen LogP) is 9.49. The molecule has 0 radical (unpaired) electrons. The van der Waals surface area contributed by atoms with Gasteiger partial charge in [-0.15, -0.1) is 0 Å². The number of ketones is 1. The molecule has 0 saturated heterocycles. The minimum atomic E-state index is -1.37. The molecule has 0 aromatic heterocycles. The van der Waals surface area contributed by atoms with Gasteiger partial charge in [0, 0.05) is 23.4 Å². The number of aliphatic carboxylic acids is 1. The lowest BCUT2D eigenvalue weighted by Gasteiger charge is -2.72. The summed E-state index contributed by atoms with van der Waals surface area (Å²) in [5, 5.41) is 16.7. The number of esters is 1. The normalized spacial score (nSPS) is 38.2. The van der Waals surface area contributed by atoms with E-state index < -0.39 is 34.2 Å². The zero-order valence-corrected chi connectivity index (χ0v) is 38.2. The lowest BCUT2D eigenvalue weighted by molar-refractivity contribution is -0.235. The molecule has 324 valence electrons. The molecular weight excluding hydrogens is 764 g/mol. The highest BCUT2D eigenvalue weighted by Crippen LogP contribution is 2.76. The van der Waals surface area contributed by atoms with Crippen LogP contribution in [0, 0.1) is 68.0 Å². The molecule has 10 atom stereocenters. The first-order chi connectivity index (χ1) is 27.3. The summed E-state index contributed by atoms with van der Waals surface area (Å²) in [6.45, 7) is 23.6. The first-order valence-corrected chi connectivity index (χ1v) is 22.7. The summed E-state index contributed by atoms with van der Waals surface area (Å²) >= 11 is 6.06. The average Bonchev–Trinajstić information content (AvgIpc) is 3.43. The van der Waals surface area contributed by atoms with Crippen molar-refractivity contribution in [2.24, 2.45) is 68.0 Å². The number of allylic oxidation sites excluding steroid dienone is 1. The third-order valence-electron chi connectivity index (χ3n) is 18.3. The fraction of sp³-hybridized carbons (Fsp3) is 0.735. The maximum Gasteiger partial charge on any atom is 0.309 e. The van der Waals surface area contributed by atoms with Crippen molar-refractivity contribution in [3.63, 3.8) is 0 Å². The summed E-state index contributed by atoms with van der Waals surface area (Å²) in [7, 11) is 0. The van der Waals surface area contributed by atoms with Gasteiger partial charge in [-0.2, -0.15) is 0 Å². The Balaban J connectivity index is 1.12. The van der Waals surface area contributed by atoms with Gasteiger partial charge in [0.2, 0.25) is 11.8 Å². The van der Waals surface area contributed by atoms with E-state index in [1.807, 2.05) is 26.0 Å². The fourth-order valence-corrected chi connectivity index (χ4v) is 14.5. The number of ether oxygens (including phenoxy) is 1. The number of carbonyl (C=O) groups excluding carboxylic acids is 4. The van der Waals surface area contributed by atoms with Crippen molar-refractivity contribution < 1.29 is 33.8 Å². The highest BCUT2D eigenvalue weighted by Gasteiger charge is 2.71.